The minimum atomic E-state index is -0.151. The number of amides is 1. The molecular weight excluding hydrogens is 420 g/mol. The molecule has 0 aliphatic rings. The Bertz CT molecular complexity index is 1140. The highest BCUT2D eigenvalue weighted by Crippen LogP contribution is 2.28. The molecule has 0 atom stereocenters. The minimum absolute atomic E-state index is 0.151. The monoisotopic (exact) mass is 438 g/mol. The molecule has 0 aliphatic heterocycles. The quantitative estimate of drug-likeness (QED) is 0.438. The van der Waals surface area contributed by atoms with E-state index in [2.05, 4.69) is 25.5 Å². The average Bonchev–Trinajstić information content (AvgIpc) is 3.39. The van der Waals surface area contributed by atoms with Gasteiger partial charge in [-0.25, -0.2) is 4.98 Å². The molecule has 0 spiro atoms. The Morgan fingerprint density at radius 1 is 1.23 bits per heavy atom. The van der Waals surface area contributed by atoms with E-state index in [1.807, 2.05) is 53.3 Å². The molecule has 30 heavy (non-hydrogen) atoms. The van der Waals surface area contributed by atoms with Gasteiger partial charge in [0, 0.05) is 29.0 Å². The maximum absolute atomic E-state index is 12.4. The van der Waals surface area contributed by atoms with Gasteiger partial charge in [-0.2, -0.15) is 0 Å². The highest BCUT2D eigenvalue weighted by atomic mass is 32.2. The number of carbonyl (C=O) groups excluding carboxylic acids is 1. The maximum Gasteiger partial charge on any atom is 0.236 e. The van der Waals surface area contributed by atoms with Gasteiger partial charge in [-0.3, -0.25) is 14.3 Å². The summed E-state index contributed by atoms with van der Waals surface area (Å²) < 4.78 is 7.16. The van der Waals surface area contributed by atoms with Crippen molar-refractivity contribution in [2.24, 2.45) is 0 Å². The number of rotatable bonds is 7. The zero-order valence-corrected chi connectivity index (χ0v) is 17.9. The van der Waals surface area contributed by atoms with Gasteiger partial charge in [0.2, 0.25) is 5.91 Å². The third-order valence-electron chi connectivity index (χ3n) is 4.08. The summed E-state index contributed by atoms with van der Waals surface area (Å²) >= 11 is 2.70. The second-order valence-corrected chi connectivity index (χ2v) is 8.01. The topological polar surface area (TPSA) is 94.8 Å². The molecule has 3 aromatic heterocycles. The summed E-state index contributed by atoms with van der Waals surface area (Å²) in [7, 11) is 1.62. The van der Waals surface area contributed by atoms with E-state index in [-0.39, 0.29) is 11.7 Å². The highest BCUT2D eigenvalue weighted by molar-refractivity contribution is 7.99. The van der Waals surface area contributed by atoms with Gasteiger partial charge in [-0.05, 0) is 43.3 Å². The molecular formula is C20H18N6O2S2. The van der Waals surface area contributed by atoms with Gasteiger partial charge in [0.25, 0.3) is 0 Å². The van der Waals surface area contributed by atoms with E-state index in [0.29, 0.717) is 16.1 Å². The van der Waals surface area contributed by atoms with Crippen LogP contribution in [0.15, 0.2) is 59.3 Å². The van der Waals surface area contributed by atoms with Crippen molar-refractivity contribution in [1.82, 2.24) is 24.7 Å². The van der Waals surface area contributed by atoms with Gasteiger partial charge in [0.15, 0.2) is 16.1 Å². The summed E-state index contributed by atoms with van der Waals surface area (Å²) in [5.41, 5.74) is 2.57. The molecule has 0 fully saturated rings. The zero-order chi connectivity index (χ0) is 20.9. The fourth-order valence-electron chi connectivity index (χ4n) is 2.71. The number of aromatic nitrogens is 5. The molecule has 10 heteroatoms. The highest BCUT2D eigenvalue weighted by Gasteiger charge is 2.18. The summed E-state index contributed by atoms with van der Waals surface area (Å²) in [6, 6.07) is 11.3. The number of carbonyl (C=O) groups is 1. The standard InChI is InChI=1S/C20H18N6O2S2/c1-13-11-29-19(22-13)23-17(27)12-30-20-25-24-18(14-4-3-9-21-10-14)26(20)15-5-7-16(28-2)8-6-15/h3-11H,12H2,1-2H3,(H,22,23,27). The Morgan fingerprint density at radius 3 is 2.73 bits per heavy atom. The molecule has 0 unspecified atom stereocenters. The number of hydrogen-bond donors (Lipinski definition) is 1. The SMILES string of the molecule is COc1ccc(-n2c(SCC(=O)Nc3nc(C)cs3)nnc2-c2cccnc2)cc1. The van der Waals surface area contributed by atoms with Crippen LogP contribution in [0.2, 0.25) is 0 Å². The van der Waals surface area contributed by atoms with Crippen LogP contribution in [0.4, 0.5) is 5.13 Å². The molecule has 8 nitrogen and oxygen atoms in total. The lowest BCUT2D eigenvalue weighted by Crippen LogP contribution is -2.14. The second-order valence-electron chi connectivity index (χ2n) is 6.21. The number of thioether (sulfide) groups is 1. The number of pyridine rings is 1. The summed E-state index contributed by atoms with van der Waals surface area (Å²) in [4.78, 5) is 20.8. The van der Waals surface area contributed by atoms with Crippen LogP contribution in [-0.4, -0.2) is 43.5 Å². The largest absolute Gasteiger partial charge is 0.497 e. The molecule has 0 aliphatic carbocycles. The van der Waals surface area contributed by atoms with Crippen LogP contribution < -0.4 is 10.1 Å². The number of nitrogens with zero attached hydrogens (tertiary/aromatic N) is 5. The number of anilines is 1. The van der Waals surface area contributed by atoms with Crippen molar-refractivity contribution in [2.45, 2.75) is 12.1 Å². The molecule has 4 rings (SSSR count). The number of thiazole rings is 1. The third-order valence-corrected chi connectivity index (χ3v) is 5.89. The molecule has 152 valence electrons. The van der Waals surface area contributed by atoms with E-state index in [1.165, 1.54) is 23.1 Å². The van der Waals surface area contributed by atoms with E-state index in [0.717, 1.165) is 22.7 Å². The van der Waals surface area contributed by atoms with Crippen molar-refractivity contribution in [3.8, 4) is 22.8 Å². The molecule has 1 N–H and O–H groups in total. The van der Waals surface area contributed by atoms with Crippen molar-refractivity contribution in [3.05, 3.63) is 59.9 Å². The smallest absolute Gasteiger partial charge is 0.236 e. The van der Waals surface area contributed by atoms with E-state index in [1.54, 1.807) is 19.5 Å². The Morgan fingerprint density at radius 2 is 2.07 bits per heavy atom. The van der Waals surface area contributed by atoms with Crippen molar-refractivity contribution < 1.29 is 9.53 Å². The van der Waals surface area contributed by atoms with Crippen LogP contribution in [-0.2, 0) is 4.79 Å². The van der Waals surface area contributed by atoms with Crippen LogP contribution in [0, 0.1) is 6.92 Å². The lowest BCUT2D eigenvalue weighted by atomic mass is 10.2. The molecule has 0 radical (unpaired) electrons. The van der Waals surface area contributed by atoms with E-state index in [4.69, 9.17) is 4.74 Å². The summed E-state index contributed by atoms with van der Waals surface area (Å²) in [6.07, 6.45) is 3.44. The molecule has 0 bridgehead atoms. The van der Waals surface area contributed by atoms with Crippen molar-refractivity contribution in [1.29, 1.82) is 0 Å². The fraction of sp³-hybridized carbons (Fsp3) is 0.150. The van der Waals surface area contributed by atoms with E-state index >= 15 is 0 Å². The van der Waals surface area contributed by atoms with Crippen LogP contribution >= 0.6 is 23.1 Å². The number of benzene rings is 1. The lowest BCUT2D eigenvalue weighted by molar-refractivity contribution is -0.113. The number of methoxy groups -OCH3 is 1. The van der Waals surface area contributed by atoms with Crippen molar-refractivity contribution in [3.63, 3.8) is 0 Å². The van der Waals surface area contributed by atoms with E-state index < -0.39 is 0 Å². The molecule has 0 saturated heterocycles. The van der Waals surface area contributed by atoms with Gasteiger partial charge in [-0.1, -0.05) is 11.8 Å². The van der Waals surface area contributed by atoms with Crippen LogP contribution in [0.5, 0.6) is 5.75 Å². The fourth-order valence-corrected chi connectivity index (χ4v) is 4.16. The molecule has 3 heterocycles. The first-order valence-corrected chi connectivity index (χ1v) is 10.9. The Hall–Kier alpha value is -3.24. The second kappa shape index (κ2) is 9.06. The van der Waals surface area contributed by atoms with Gasteiger partial charge in [-0.15, -0.1) is 21.5 Å². The van der Waals surface area contributed by atoms with Gasteiger partial charge in [0.1, 0.15) is 5.75 Å². The normalized spacial score (nSPS) is 10.7. The van der Waals surface area contributed by atoms with E-state index in [9.17, 15) is 4.79 Å². The van der Waals surface area contributed by atoms with Gasteiger partial charge >= 0.3 is 0 Å². The molecule has 1 aromatic carbocycles. The van der Waals surface area contributed by atoms with Crippen molar-refractivity contribution >= 4 is 34.1 Å². The van der Waals surface area contributed by atoms with Gasteiger partial charge in [0.05, 0.1) is 18.6 Å². The number of ether oxygens (including phenoxy) is 1. The first kappa shape index (κ1) is 20.0. The number of aryl methyl sites for hydroxylation is 1. The third kappa shape index (κ3) is 4.50. The predicted molar refractivity (Wildman–Crippen MR) is 117 cm³/mol. The molecule has 1 amide bonds. The minimum Gasteiger partial charge on any atom is -0.497 e. The molecule has 0 saturated carbocycles. The zero-order valence-electron chi connectivity index (χ0n) is 16.3. The maximum atomic E-state index is 12.4. The Labute approximate surface area is 181 Å². The summed E-state index contributed by atoms with van der Waals surface area (Å²) in [5, 5.41) is 14.6. The first-order valence-electron chi connectivity index (χ1n) is 8.99. The predicted octanol–water partition coefficient (Wildman–Crippen LogP) is 3.83. The average molecular weight is 439 g/mol. The van der Waals surface area contributed by atoms with Crippen molar-refractivity contribution in [2.75, 3.05) is 18.2 Å². The Balaban J connectivity index is 1.60. The summed E-state index contributed by atoms with van der Waals surface area (Å²) in [5.74, 6) is 1.43. The lowest BCUT2D eigenvalue weighted by Gasteiger charge is -2.11. The number of hydrogen-bond acceptors (Lipinski definition) is 8. The summed E-state index contributed by atoms with van der Waals surface area (Å²) in [6.45, 7) is 1.89. The van der Waals surface area contributed by atoms with Crippen LogP contribution in [0.1, 0.15) is 5.69 Å². The first-order chi connectivity index (χ1) is 14.6. The number of nitrogens with one attached hydrogen (secondary N) is 1. The van der Waals surface area contributed by atoms with Crippen LogP contribution in [0.25, 0.3) is 17.1 Å². The van der Waals surface area contributed by atoms with Gasteiger partial charge < -0.3 is 10.1 Å². The van der Waals surface area contributed by atoms with Crippen LogP contribution in [0.3, 0.4) is 0 Å². The Kier molecular flexibility index (Phi) is 6.05. The molecule has 4 aromatic rings.